The summed E-state index contributed by atoms with van der Waals surface area (Å²) in [5.74, 6) is 0.531. The van der Waals surface area contributed by atoms with Crippen LogP contribution in [0.2, 0.25) is 0 Å². The fraction of sp³-hybridized carbons (Fsp3) is 0.833. The third-order valence-electron chi connectivity index (χ3n) is 3.45. The maximum atomic E-state index is 11.4. The summed E-state index contributed by atoms with van der Waals surface area (Å²) in [5, 5.41) is 0. The molecule has 0 aliphatic heterocycles. The summed E-state index contributed by atoms with van der Waals surface area (Å²) in [6.45, 7) is 9.20. The minimum absolute atomic E-state index is 0.0835. The Morgan fingerprint density at radius 1 is 1.29 bits per heavy atom. The number of carbonyl (C=O) groups is 2. The second kappa shape index (κ2) is 5.28. The van der Waals surface area contributed by atoms with Gasteiger partial charge < -0.3 is 0 Å². The summed E-state index contributed by atoms with van der Waals surface area (Å²) in [4.78, 5) is 22.4. The van der Waals surface area contributed by atoms with Crippen molar-refractivity contribution in [3.8, 4) is 0 Å². The molecule has 0 rings (SSSR count). The van der Waals surface area contributed by atoms with Crippen molar-refractivity contribution in [3.05, 3.63) is 0 Å². The molecule has 2 atom stereocenters. The molecule has 0 aliphatic carbocycles. The topological polar surface area (TPSA) is 34.1 Å². The highest BCUT2D eigenvalue weighted by Crippen LogP contribution is 2.30. The second-order valence-corrected chi connectivity index (χ2v) is 4.52. The summed E-state index contributed by atoms with van der Waals surface area (Å²) >= 11 is 0. The van der Waals surface area contributed by atoms with Gasteiger partial charge in [0, 0.05) is 11.3 Å². The summed E-state index contributed by atoms with van der Waals surface area (Å²) in [7, 11) is 0. The highest BCUT2D eigenvalue weighted by Gasteiger charge is 2.28. The van der Waals surface area contributed by atoms with Gasteiger partial charge in [-0.3, -0.25) is 9.59 Å². The molecular formula is C12H22O2. The quantitative estimate of drug-likeness (QED) is 0.657. The lowest BCUT2D eigenvalue weighted by atomic mass is 9.77. The molecular weight excluding hydrogens is 176 g/mol. The van der Waals surface area contributed by atoms with Crippen molar-refractivity contribution in [2.75, 3.05) is 0 Å². The molecule has 0 fully saturated rings. The van der Waals surface area contributed by atoms with E-state index in [2.05, 4.69) is 0 Å². The SMILES string of the molecule is CCC(C)(CCC(C)C(C)=O)C(C)=O. The minimum atomic E-state index is -0.232. The van der Waals surface area contributed by atoms with Crippen molar-refractivity contribution in [3.63, 3.8) is 0 Å². The number of ketones is 2. The van der Waals surface area contributed by atoms with E-state index in [0.717, 1.165) is 19.3 Å². The van der Waals surface area contributed by atoms with Gasteiger partial charge in [0.2, 0.25) is 0 Å². The Balaban J connectivity index is 4.21. The minimum Gasteiger partial charge on any atom is -0.300 e. The van der Waals surface area contributed by atoms with Crippen LogP contribution in [-0.2, 0) is 9.59 Å². The Morgan fingerprint density at radius 3 is 2.07 bits per heavy atom. The van der Waals surface area contributed by atoms with E-state index in [4.69, 9.17) is 0 Å². The van der Waals surface area contributed by atoms with Crippen molar-refractivity contribution in [2.45, 2.75) is 53.9 Å². The highest BCUT2D eigenvalue weighted by molar-refractivity contribution is 5.82. The van der Waals surface area contributed by atoms with Crippen molar-refractivity contribution in [1.29, 1.82) is 0 Å². The maximum absolute atomic E-state index is 11.4. The van der Waals surface area contributed by atoms with Gasteiger partial charge in [-0.15, -0.1) is 0 Å². The number of hydrogen-bond donors (Lipinski definition) is 0. The van der Waals surface area contributed by atoms with E-state index < -0.39 is 0 Å². The Labute approximate surface area is 87.1 Å². The van der Waals surface area contributed by atoms with E-state index in [1.807, 2.05) is 20.8 Å². The van der Waals surface area contributed by atoms with Gasteiger partial charge in [-0.1, -0.05) is 20.8 Å². The number of Topliss-reactive ketones (excluding diaryl/α,β-unsaturated/α-hetero) is 2. The van der Waals surface area contributed by atoms with Crippen LogP contribution in [0.5, 0.6) is 0 Å². The summed E-state index contributed by atoms with van der Waals surface area (Å²) in [5.41, 5.74) is -0.232. The second-order valence-electron chi connectivity index (χ2n) is 4.52. The average Bonchev–Trinajstić information content (AvgIpc) is 2.12. The Bertz CT molecular complexity index is 220. The average molecular weight is 198 g/mol. The number of rotatable bonds is 6. The lowest BCUT2D eigenvalue weighted by Gasteiger charge is -2.25. The molecule has 2 unspecified atom stereocenters. The maximum Gasteiger partial charge on any atom is 0.135 e. The van der Waals surface area contributed by atoms with Gasteiger partial charge in [-0.05, 0) is 33.1 Å². The first-order valence-corrected chi connectivity index (χ1v) is 5.35. The number of hydrogen-bond acceptors (Lipinski definition) is 2. The van der Waals surface area contributed by atoms with Gasteiger partial charge in [0.15, 0.2) is 0 Å². The summed E-state index contributed by atoms with van der Waals surface area (Å²) in [6, 6.07) is 0. The van der Waals surface area contributed by atoms with Gasteiger partial charge in [-0.2, -0.15) is 0 Å². The first kappa shape index (κ1) is 13.3. The zero-order valence-corrected chi connectivity index (χ0v) is 10.0. The third-order valence-corrected chi connectivity index (χ3v) is 3.45. The fourth-order valence-electron chi connectivity index (χ4n) is 1.34. The molecule has 0 aromatic rings. The van der Waals surface area contributed by atoms with Gasteiger partial charge in [0.1, 0.15) is 11.6 Å². The summed E-state index contributed by atoms with van der Waals surface area (Å²) < 4.78 is 0. The molecule has 0 bridgehead atoms. The molecule has 0 radical (unpaired) electrons. The van der Waals surface area contributed by atoms with Crippen LogP contribution in [0, 0.1) is 11.3 Å². The van der Waals surface area contributed by atoms with E-state index in [9.17, 15) is 9.59 Å². The Morgan fingerprint density at radius 2 is 1.79 bits per heavy atom. The van der Waals surface area contributed by atoms with Crippen LogP contribution < -0.4 is 0 Å². The molecule has 0 saturated heterocycles. The Hall–Kier alpha value is -0.660. The summed E-state index contributed by atoms with van der Waals surface area (Å²) in [6.07, 6.45) is 2.49. The van der Waals surface area contributed by atoms with Crippen molar-refractivity contribution < 1.29 is 9.59 Å². The van der Waals surface area contributed by atoms with Crippen LogP contribution >= 0.6 is 0 Å². The molecule has 82 valence electrons. The monoisotopic (exact) mass is 198 g/mol. The van der Waals surface area contributed by atoms with E-state index in [-0.39, 0.29) is 22.9 Å². The molecule has 0 spiro atoms. The van der Waals surface area contributed by atoms with E-state index in [1.165, 1.54) is 0 Å². The van der Waals surface area contributed by atoms with Crippen LogP contribution in [0.15, 0.2) is 0 Å². The van der Waals surface area contributed by atoms with Crippen molar-refractivity contribution in [1.82, 2.24) is 0 Å². The molecule has 0 amide bonds. The normalized spacial score (nSPS) is 17.2. The predicted molar refractivity (Wildman–Crippen MR) is 58.2 cm³/mol. The molecule has 0 aliphatic rings. The lowest BCUT2D eigenvalue weighted by Crippen LogP contribution is -2.25. The number of carbonyl (C=O) groups excluding carboxylic acids is 2. The van der Waals surface area contributed by atoms with E-state index in [0.29, 0.717) is 0 Å². The first-order chi connectivity index (χ1) is 6.33. The fourth-order valence-corrected chi connectivity index (χ4v) is 1.34. The van der Waals surface area contributed by atoms with Crippen LogP contribution in [0.3, 0.4) is 0 Å². The molecule has 2 nitrogen and oxygen atoms in total. The predicted octanol–water partition coefficient (Wildman–Crippen LogP) is 3.00. The Kier molecular flexibility index (Phi) is 5.03. The van der Waals surface area contributed by atoms with Gasteiger partial charge in [-0.25, -0.2) is 0 Å². The first-order valence-electron chi connectivity index (χ1n) is 5.35. The molecule has 0 aromatic heterocycles. The van der Waals surface area contributed by atoms with Crippen LogP contribution in [0.1, 0.15) is 53.9 Å². The van der Waals surface area contributed by atoms with E-state index >= 15 is 0 Å². The van der Waals surface area contributed by atoms with Gasteiger partial charge in [0.25, 0.3) is 0 Å². The third kappa shape index (κ3) is 3.60. The van der Waals surface area contributed by atoms with Gasteiger partial charge >= 0.3 is 0 Å². The molecule has 0 heterocycles. The standard InChI is InChI=1S/C12H22O2/c1-6-12(5,11(4)14)8-7-9(2)10(3)13/h9H,6-8H2,1-5H3. The lowest BCUT2D eigenvalue weighted by molar-refractivity contribution is -0.127. The van der Waals surface area contributed by atoms with Crippen molar-refractivity contribution in [2.24, 2.45) is 11.3 Å². The smallest absolute Gasteiger partial charge is 0.135 e. The zero-order chi connectivity index (χ0) is 11.4. The molecule has 0 saturated carbocycles. The zero-order valence-electron chi connectivity index (χ0n) is 10.0. The highest BCUT2D eigenvalue weighted by atomic mass is 16.1. The van der Waals surface area contributed by atoms with Crippen LogP contribution in [0.4, 0.5) is 0 Å². The molecule has 0 aromatic carbocycles. The molecule has 0 N–H and O–H groups in total. The van der Waals surface area contributed by atoms with Crippen LogP contribution in [0.25, 0.3) is 0 Å². The van der Waals surface area contributed by atoms with E-state index in [1.54, 1.807) is 13.8 Å². The molecule has 14 heavy (non-hydrogen) atoms. The van der Waals surface area contributed by atoms with Gasteiger partial charge in [0.05, 0.1) is 0 Å². The largest absolute Gasteiger partial charge is 0.300 e. The van der Waals surface area contributed by atoms with Crippen molar-refractivity contribution >= 4 is 11.6 Å². The van der Waals surface area contributed by atoms with Crippen LogP contribution in [-0.4, -0.2) is 11.6 Å². The molecule has 2 heteroatoms.